The molecule has 0 fully saturated rings. The van der Waals surface area contributed by atoms with E-state index >= 15 is 0 Å². The number of rotatable bonds is 8. The van der Waals surface area contributed by atoms with Gasteiger partial charge in [0.25, 0.3) is 0 Å². The Hall–Kier alpha value is -1.32. The summed E-state index contributed by atoms with van der Waals surface area (Å²) in [6, 6.07) is 11.4. The van der Waals surface area contributed by atoms with E-state index in [4.69, 9.17) is 4.74 Å². The van der Waals surface area contributed by atoms with Crippen LogP contribution in [0.2, 0.25) is 0 Å². The lowest BCUT2D eigenvalue weighted by atomic mass is 10.0. The summed E-state index contributed by atoms with van der Waals surface area (Å²) in [6.45, 7) is 5.43. The van der Waals surface area contributed by atoms with E-state index in [-0.39, 0.29) is 6.04 Å². The third-order valence-electron chi connectivity index (χ3n) is 3.57. The van der Waals surface area contributed by atoms with Gasteiger partial charge in [-0.15, -0.1) is 11.3 Å². The second kappa shape index (κ2) is 8.20. The molecule has 0 amide bonds. The van der Waals surface area contributed by atoms with Crippen molar-refractivity contribution < 1.29 is 4.74 Å². The molecule has 0 aliphatic rings. The second-order valence-electron chi connectivity index (χ2n) is 5.27. The zero-order chi connectivity index (χ0) is 15.1. The molecule has 2 rings (SSSR count). The molecule has 1 aromatic carbocycles. The highest BCUT2D eigenvalue weighted by Gasteiger charge is 2.15. The van der Waals surface area contributed by atoms with Crippen molar-refractivity contribution in [2.24, 2.45) is 0 Å². The van der Waals surface area contributed by atoms with E-state index in [9.17, 15) is 0 Å². The third-order valence-corrected chi connectivity index (χ3v) is 4.54. The van der Waals surface area contributed by atoms with Crippen molar-refractivity contribution in [2.75, 3.05) is 13.7 Å². The first-order valence-electron chi connectivity index (χ1n) is 7.73. The van der Waals surface area contributed by atoms with E-state index in [1.54, 1.807) is 18.4 Å². The van der Waals surface area contributed by atoms with Crippen molar-refractivity contribution in [1.29, 1.82) is 0 Å². The Morgan fingerprint density at radius 1 is 1.14 bits per heavy atom. The van der Waals surface area contributed by atoms with E-state index in [1.807, 2.05) is 0 Å². The zero-order valence-electron chi connectivity index (χ0n) is 13.2. The van der Waals surface area contributed by atoms with Gasteiger partial charge >= 0.3 is 0 Å². The Balaban J connectivity index is 2.21. The zero-order valence-corrected chi connectivity index (χ0v) is 14.0. The summed E-state index contributed by atoms with van der Waals surface area (Å²) < 4.78 is 5.32. The molecule has 114 valence electrons. The van der Waals surface area contributed by atoms with Gasteiger partial charge in [0.2, 0.25) is 0 Å². The van der Waals surface area contributed by atoms with Crippen LogP contribution in [0, 0.1) is 0 Å². The number of methoxy groups -OCH3 is 1. The number of hydrogen-bond donors (Lipinski definition) is 1. The van der Waals surface area contributed by atoms with Gasteiger partial charge in [0, 0.05) is 10.3 Å². The minimum Gasteiger partial charge on any atom is -0.496 e. The predicted molar refractivity (Wildman–Crippen MR) is 91.4 cm³/mol. The minimum absolute atomic E-state index is 0.259. The molecule has 3 heteroatoms. The van der Waals surface area contributed by atoms with Crippen molar-refractivity contribution in [2.45, 2.75) is 39.2 Å². The topological polar surface area (TPSA) is 21.3 Å². The van der Waals surface area contributed by atoms with Crippen molar-refractivity contribution in [3.05, 3.63) is 51.7 Å². The molecule has 1 aromatic heterocycles. The summed E-state index contributed by atoms with van der Waals surface area (Å²) in [6.07, 6.45) is 3.48. The lowest BCUT2D eigenvalue weighted by Gasteiger charge is -2.18. The van der Waals surface area contributed by atoms with Crippen LogP contribution in [-0.2, 0) is 6.42 Å². The molecule has 0 radical (unpaired) electrons. The van der Waals surface area contributed by atoms with Crippen LogP contribution in [0.15, 0.2) is 35.7 Å². The molecular weight excluding hydrogens is 278 g/mol. The fraction of sp³-hybridized carbons (Fsp3) is 0.444. The minimum atomic E-state index is 0.259. The number of ether oxygens (including phenoxy) is 1. The van der Waals surface area contributed by atoms with Gasteiger partial charge in [0.1, 0.15) is 5.75 Å². The van der Waals surface area contributed by atoms with Crippen LogP contribution in [0.25, 0.3) is 0 Å². The molecule has 1 heterocycles. The van der Waals surface area contributed by atoms with Gasteiger partial charge < -0.3 is 10.1 Å². The molecule has 0 spiro atoms. The van der Waals surface area contributed by atoms with Gasteiger partial charge in [-0.05, 0) is 36.6 Å². The van der Waals surface area contributed by atoms with Gasteiger partial charge in [0.05, 0.1) is 13.2 Å². The Morgan fingerprint density at radius 3 is 2.48 bits per heavy atom. The van der Waals surface area contributed by atoms with E-state index in [1.165, 1.54) is 22.4 Å². The lowest BCUT2D eigenvalue weighted by molar-refractivity contribution is 0.416. The molecule has 0 aliphatic carbocycles. The summed E-state index contributed by atoms with van der Waals surface area (Å²) in [4.78, 5) is 1.31. The standard InChI is InChI=1S/C18H25NOS/c1-4-6-14-7-9-15(10-8-14)18(19-11-5-2)17-12-16(20-3)13-21-17/h7-10,12-13,18-19H,4-6,11H2,1-3H3. The first-order chi connectivity index (χ1) is 10.3. The monoisotopic (exact) mass is 303 g/mol. The molecule has 0 bridgehead atoms. The highest BCUT2D eigenvalue weighted by molar-refractivity contribution is 7.10. The van der Waals surface area contributed by atoms with Gasteiger partial charge in [-0.1, -0.05) is 44.5 Å². The Bertz CT molecular complexity index is 532. The highest BCUT2D eigenvalue weighted by Crippen LogP contribution is 2.31. The number of nitrogens with one attached hydrogen (secondary N) is 1. The fourth-order valence-corrected chi connectivity index (χ4v) is 3.39. The van der Waals surface area contributed by atoms with Crippen LogP contribution in [0.3, 0.4) is 0 Å². The summed E-state index contributed by atoms with van der Waals surface area (Å²) in [5.41, 5.74) is 2.74. The van der Waals surface area contributed by atoms with Crippen molar-refractivity contribution >= 4 is 11.3 Å². The predicted octanol–water partition coefficient (Wildman–Crippen LogP) is 4.80. The molecule has 1 unspecified atom stereocenters. The number of aryl methyl sites for hydroxylation is 1. The van der Waals surface area contributed by atoms with Crippen LogP contribution >= 0.6 is 11.3 Å². The molecule has 1 atom stereocenters. The molecule has 0 saturated carbocycles. The van der Waals surface area contributed by atoms with Crippen molar-refractivity contribution in [3.8, 4) is 5.75 Å². The van der Waals surface area contributed by atoms with Crippen LogP contribution in [-0.4, -0.2) is 13.7 Å². The second-order valence-corrected chi connectivity index (χ2v) is 6.21. The van der Waals surface area contributed by atoms with E-state index < -0.39 is 0 Å². The Kier molecular flexibility index (Phi) is 6.27. The van der Waals surface area contributed by atoms with E-state index in [0.717, 1.165) is 25.1 Å². The summed E-state index contributed by atoms with van der Waals surface area (Å²) >= 11 is 1.75. The largest absolute Gasteiger partial charge is 0.496 e. The Morgan fingerprint density at radius 2 is 1.90 bits per heavy atom. The summed E-state index contributed by atoms with van der Waals surface area (Å²) in [5, 5.41) is 5.72. The van der Waals surface area contributed by atoms with Crippen molar-refractivity contribution in [1.82, 2.24) is 5.32 Å². The normalized spacial score (nSPS) is 12.3. The van der Waals surface area contributed by atoms with E-state index in [2.05, 4.69) is 54.9 Å². The van der Waals surface area contributed by atoms with Gasteiger partial charge in [-0.25, -0.2) is 0 Å². The van der Waals surface area contributed by atoms with E-state index in [0.29, 0.717) is 0 Å². The first kappa shape index (κ1) is 16.1. The van der Waals surface area contributed by atoms with Crippen LogP contribution in [0.4, 0.5) is 0 Å². The highest BCUT2D eigenvalue weighted by atomic mass is 32.1. The average Bonchev–Trinajstić information content (AvgIpc) is 2.98. The van der Waals surface area contributed by atoms with Crippen LogP contribution in [0.5, 0.6) is 5.75 Å². The molecule has 0 aliphatic heterocycles. The maximum atomic E-state index is 5.32. The maximum absolute atomic E-state index is 5.32. The number of thiophene rings is 1. The fourth-order valence-electron chi connectivity index (χ4n) is 2.43. The molecular formula is C18H25NOS. The quantitative estimate of drug-likeness (QED) is 0.756. The molecule has 0 saturated heterocycles. The Labute approximate surface area is 132 Å². The third kappa shape index (κ3) is 4.32. The smallest absolute Gasteiger partial charge is 0.129 e. The molecule has 1 N–H and O–H groups in total. The summed E-state index contributed by atoms with van der Waals surface area (Å²) in [7, 11) is 1.72. The van der Waals surface area contributed by atoms with Crippen LogP contribution < -0.4 is 10.1 Å². The van der Waals surface area contributed by atoms with Crippen LogP contribution in [0.1, 0.15) is 48.7 Å². The SMILES string of the molecule is CCCNC(c1ccc(CCC)cc1)c1cc(OC)cs1. The van der Waals surface area contributed by atoms with Crippen molar-refractivity contribution in [3.63, 3.8) is 0 Å². The molecule has 21 heavy (non-hydrogen) atoms. The summed E-state index contributed by atoms with van der Waals surface area (Å²) in [5.74, 6) is 0.945. The average molecular weight is 303 g/mol. The van der Waals surface area contributed by atoms with Gasteiger partial charge in [-0.2, -0.15) is 0 Å². The van der Waals surface area contributed by atoms with Gasteiger partial charge in [-0.3, -0.25) is 0 Å². The maximum Gasteiger partial charge on any atom is 0.129 e. The number of hydrogen-bond acceptors (Lipinski definition) is 3. The molecule has 2 nitrogen and oxygen atoms in total. The number of benzene rings is 1. The first-order valence-corrected chi connectivity index (χ1v) is 8.61. The van der Waals surface area contributed by atoms with Gasteiger partial charge in [0.15, 0.2) is 0 Å². The molecule has 2 aromatic rings. The lowest BCUT2D eigenvalue weighted by Crippen LogP contribution is -2.22.